The Kier molecular flexibility index (Phi) is 4.10. The summed E-state index contributed by atoms with van der Waals surface area (Å²) in [6.45, 7) is 5.48. The second-order valence-electron chi connectivity index (χ2n) is 5.79. The average Bonchev–Trinajstić information content (AvgIpc) is 2.95. The first-order valence-electron chi connectivity index (χ1n) is 7.44. The normalized spacial score (nSPS) is 26.1. The summed E-state index contributed by atoms with van der Waals surface area (Å²) >= 11 is 1.89. The zero-order valence-corrected chi connectivity index (χ0v) is 12.7. The van der Waals surface area contributed by atoms with Crippen molar-refractivity contribution >= 4 is 17.3 Å². The van der Waals surface area contributed by atoms with Crippen LogP contribution in [0.5, 0.6) is 0 Å². The van der Waals surface area contributed by atoms with E-state index >= 15 is 0 Å². The van der Waals surface area contributed by atoms with E-state index < -0.39 is 5.97 Å². The highest BCUT2D eigenvalue weighted by molar-refractivity contribution is 7.10. The van der Waals surface area contributed by atoms with Gasteiger partial charge in [-0.2, -0.15) is 0 Å². The summed E-state index contributed by atoms with van der Waals surface area (Å²) < 4.78 is 0. The van der Waals surface area contributed by atoms with Crippen LogP contribution in [0.25, 0.3) is 0 Å². The van der Waals surface area contributed by atoms with Crippen molar-refractivity contribution in [2.75, 3.05) is 26.2 Å². The number of piperazine rings is 1. The molecule has 0 aromatic carbocycles. The van der Waals surface area contributed by atoms with Gasteiger partial charge in [0.25, 0.3) is 0 Å². The monoisotopic (exact) mass is 294 g/mol. The van der Waals surface area contributed by atoms with Gasteiger partial charge in [0.05, 0.1) is 0 Å². The van der Waals surface area contributed by atoms with Crippen LogP contribution in [-0.4, -0.2) is 53.1 Å². The van der Waals surface area contributed by atoms with Crippen LogP contribution in [0.15, 0.2) is 11.4 Å². The summed E-state index contributed by atoms with van der Waals surface area (Å²) in [5.41, 5.74) is 1.53. The van der Waals surface area contributed by atoms with Crippen molar-refractivity contribution in [3.63, 3.8) is 0 Å². The molecule has 1 aromatic heterocycles. The summed E-state index contributed by atoms with van der Waals surface area (Å²) in [4.78, 5) is 17.2. The summed E-state index contributed by atoms with van der Waals surface area (Å²) in [6, 6.07) is 2.49. The number of carboxylic acids is 1. The lowest BCUT2D eigenvalue weighted by Crippen LogP contribution is -2.52. The minimum atomic E-state index is -0.712. The topological polar surface area (TPSA) is 43.8 Å². The first-order valence-corrected chi connectivity index (χ1v) is 8.32. The van der Waals surface area contributed by atoms with Crippen LogP contribution in [0.3, 0.4) is 0 Å². The van der Waals surface area contributed by atoms with Crippen LogP contribution in [0, 0.1) is 0 Å². The van der Waals surface area contributed by atoms with Crippen molar-refractivity contribution in [1.29, 1.82) is 0 Å². The zero-order valence-electron chi connectivity index (χ0n) is 11.9. The van der Waals surface area contributed by atoms with Gasteiger partial charge in [-0.3, -0.25) is 14.6 Å². The minimum Gasteiger partial charge on any atom is -0.480 e. The van der Waals surface area contributed by atoms with Crippen molar-refractivity contribution in [2.24, 2.45) is 0 Å². The molecule has 2 unspecified atom stereocenters. The van der Waals surface area contributed by atoms with E-state index in [9.17, 15) is 4.79 Å². The second-order valence-corrected chi connectivity index (χ2v) is 6.79. The van der Waals surface area contributed by atoms with Gasteiger partial charge < -0.3 is 5.11 Å². The number of carbonyl (C=O) groups is 1. The third-order valence-corrected chi connectivity index (χ3v) is 5.71. The van der Waals surface area contributed by atoms with Crippen molar-refractivity contribution < 1.29 is 9.90 Å². The van der Waals surface area contributed by atoms with Gasteiger partial charge in [-0.25, -0.2) is 0 Å². The highest BCUT2D eigenvalue weighted by Gasteiger charge is 2.31. The standard InChI is InChI=1S/C15H22N2O2S/c1-11(15(18)19)16-6-8-17(9-7-16)13-3-2-4-14-12(13)5-10-20-14/h5,10-11,13H,2-4,6-9H2,1H3,(H,18,19). The maximum absolute atomic E-state index is 11.1. The molecular formula is C15H22N2O2S. The highest BCUT2D eigenvalue weighted by atomic mass is 32.1. The highest BCUT2D eigenvalue weighted by Crippen LogP contribution is 2.37. The number of fused-ring (bicyclic) bond motifs is 1. The molecule has 1 aliphatic carbocycles. The lowest BCUT2D eigenvalue weighted by molar-refractivity contribution is -0.143. The number of thiophene rings is 1. The fourth-order valence-electron chi connectivity index (χ4n) is 3.43. The van der Waals surface area contributed by atoms with E-state index in [-0.39, 0.29) is 6.04 Å². The summed E-state index contributed by atoms with van der Waals surface area (Å²) in [6.07, 6.45) is 3.77. The number of rotatable bonds is 3. The predicted molar refractivity (Wildman–Crippen MR) is 80.2 cm³/mol. The van der Waals surface area contributed by atoms with Crippen molar-refractivity contribution in [2.45, 2.75) is 38.3 Å². The quantitative estimate of drug-likeness (QED) is 0.928. The van der Waals surface area contributed by atoms with Crippen LogP contribution >= 0.6 is 11.3 Å². The van der Waals surface area contributed by atoms with Crippen LogP contribution in [0.1, 0.15) is 36.2 Å². The van der Waals surface area contributed by atoms with E-state index in [4.69, 9.17) is 5.11 Å². The van der Waals surface area contributed by atoms with Gasteiger partial charge in [0.1, 0.15) is 6.04 Å². The SMILES string of the molecule is CC(C(=O)O)N1CCN(C2CCCc3sccc32)CC1. The molecule has 5 heteroatoms. The number of hydrogen-bond donors (Lipinski definition) is 1. The van der Waals surface area contributed by atoms with Crippen LogP contribution in [0.2, 0.25) is 0 Å². The molecular weight excluding hydrogens is 272 g/mol. The van der Waals surface area contributed by atoms with Crippen LogP contribution in [0.4, 0.5) is 0 Å². The summed E-state index contributed by atoms with van der Waals surface area (Å²) in [5.74, 6) is -0.712. The van der Waals surface area contributed by atoms with Gasteiger partial charge in [-0.1, -0.05) is 0 Å². The van der Waals surface area contributed by atoms with Gasteiger partial charge in [0.2, 0.25) is 0 Å². The van der Waals surface area contributed by atoms with Crippen LogP contribution in [-0.2, 0) is 11.2 Å². The lowest BCUT2D eigenvalue weighted by atomic mass is 9.92. The maximum atomic E-state index is 11.1. The molecule has 0 radical (unpaired) electrons. The van der Waals surface area contributed by atoms with E-state index in [0.717, 1.165) is 26.2 Å². The Hall–Kier alpha value is -0.910. The van der Waals surface area contributed by atoms with Gasteiger partial charge >= 0.3 is 5.97 Å². The maximum Gasteiger partial charge on any atom is 0.320 e. The molecule has 0 amide bonds. The Morgan fingerprint density at radius 2 is 2.15 bits per heavy atom. The first-order chi connectivity index (χ1) is 9.66. The van der Waals surface area contributed by atoms with E-state index in [1.807, 2.05) is 11.3 Å². The molecule has 2 aliphatic rings. The predicted octanol–water partition coefficient (Wildman–Crippen LogP) is 2.22. The van der Waals surface area contributed by atoms with E-state index in [2.05, 4.69) is 21.2 Å². The number of hydrogen-bond acceptors (Lipinski definition) is 4. The average molecular weight is 294 g/mol. The molecule has 1 aromatic rings. The van der Waals surface area contributed by atoms with Gasteiger partial charge in [0, 0.05) is 37.1 Å². The molecule has 1 saturated heterocycles. The summed E-state index contributed by atoms with van der Waals surface area (Å²) in [7, 11) is 0. The third kappa shape index (κ3) is 2.62. The number of carboxylic acid groups (broad SMARTS) is 1. The molecule has 20 heavy (non-hydrogen) atoms. The Balaban J connectivity index is 1.64. The van der Waals surface area contributed by atoms with Crippen molar-refractivity contribution in [1.82, 2.24) is 9.80 Å². The third-order valence-electron chi connectivity index (χ3n) is 4.72. The Morgan fingerprint density at radius 1 is 1.40 bits per heavy atom. The molecule has 1 fully saturated rings. The van der Waals surface area contributed by atoms with Gasteiger partial charge in [0.15, 0.2) is 0 Å². The van der Waals surface area contributed by atoms with Crippen LogP contribution < -0.4 is 0 Å². The van der Waals surface area contributed by atoms with E-state index in [1.54, 1.807) is 11.8 Å². The lowest BCUT2D eigenvalue weighted by Gasteiger charge is -2.41. The van der Waals surface area contributed by atoms with Crippen molar-refractivity contribution in [3.8, 4) is 0 Å². The summed E-state index contributed by atoms with van der Waals surface area (Å²) in [5, 5.41) is 11.3. The number of aliphatic carboxylic acids is 1. The second kappa shape index (κ2) is 5.84. The molecule has 4 nitrogen and oxygen atoms in total. The fraction of sp³-hybridized carbons (Fsp3) is 0.667. The fourth-order valence-corrected chi connectivity index (χ4v) is 4.42. The molecule has 0 spiro atoms. The molecule has 1 aliphatic heterocycles. The van der Waals surface area contributed by atoms with E-state index in [1.165, 1.54) is 24.8 Å². The van der Waals surface area contributed by atoms with Gasteiger partial charge in [-0.15, -0.1) is 11.3 Å². The first kappa shape index (κ1) is 14.0. The Morgan fingerprint density at radius 3 is 2.85 bits per heavy atom. The molecule has 110 valence electrons. The molecule has 1 N–H and O–H groups in total. The van der Waals surface area contributed by atoms with E-state index in [0.29, 0.717) is 6.04 Å². The minimum absolute atomic E-state index is 0.361. The smallest absolute Gasteiger partial charge is 0.320 e. The van der Waals surface area contributed by atoms with Gasteiger partial charge in [-0.05, 0) is 43.2 Å². The molecule has 0 bridgehead atoms. The molecule has 3 rings (SSSR count). The number of aryl methyl sites for hydroxylation is 1. The Bertz CT molecular complexity index is 480. The largest absolute Gasteiger partial charge is 0.480 e. The molecule has 2 heterocycles. The Labute approximate surface area is 124 Å². The van der Waals surface area contributed by atoms with Crippen molar-refractivity contribution in [3.05, 3.63) is 21.9 Å². The zero-order chi connectivity index (χ0) is 14.1. The number of nitrogens with zero attached hydrogens (tertiary/aromatic N) is 2. The molecule has 2 atom stereocenters. The molecule has 0 saturated carbocycles.